The van der Waals surface area contributed by atoms with Gasteiger partial charge in [-0.2, -0.15) is 0 Å². The molecular weight excluding hydrogens is 332 g/mol. The molecule has 2 N–H and O–H groups in total. The minimum Gasteiger partial charge on any atom is -0.496 e. The molecule has 0 aliphatic rings. The molecule has 1 heterocycles. The fourth-order valence-corrected chi connectivity index (χ4v) is 2.52. The van der Waals surface area contributed by atoms with E-state index in [4.69, 9.17) is 4.74 Å². The number of nitrogens with one attached hydrogen (secondary N) is 2. The van der Waals surface area contributed by atoms with Crippen molar-refractivity contribution in [3.05, 3.63) is 58.7 Å². The monoisotopic (exact) mass is 344 g/mol. The molecule has 0 unspecified atom stereocenters. The maximum atomic E-state index is 12.4. The number of H-pyrrole nitrogens is 1. The summed E-state index contributed by atoms with van der Waals surface area (Å²) in [5, 5.41) is 3.94. The molecule has 0 saturated heterocycles. The Balaban J connectivity index is 1.88. The quantitative estimate of drug-likeness (QED) is 0.748. The molecule has 0 radical (unpaired) electrons. The standard InChI is InChI=1S/C16H13BrN2O2/c1-21-15-9-11(17)2-4-13(15)16(20)19-12-3-5-14-10(8-12)6-7-18-14/h2-9,18H,1H3,(H,19,20). The Labute approximate surface area is 130 Å². The number of aromatic amines is 1. The number of ether oxygens (including phenoxy) is 1. The molecule has 21 heavy (non-hydrogen) atoms. The average Bonchev–Trinajstić information content (AvgIpc) is 2.94. The summed E-state index contributed by atoms with van der Waals surface area (Å²) in [4.78, 5) is 15.5. The Morgan fingerprint density at radius 2 is 2.05 bits per heavy atom. The van der Waals surface area contributed by atoms with Gasteiger partial charge in [-0.25, -0.2) is 0 Å². The Hall–Kier alpha value is -2.27. The maximum absolute atomic E-state index is 12.4. The van der Waals surface area contributed by atoms with Crippen LogP contribution in [0, 0.1) is 0 Å². The highest BCUT2D eigenvalue weighted by Crippen LogP contribution is 2.25. The second-order valence-electron chi connectivity index (χ2n) is 4.58. The van der Waals surface area contributed by atoms with E-state index in [0.29, 0.717) is 11.3 Å². The van der Waals surface area contributed by atoms with Gasteiger partial charge in [0.05, 0.1) is 12.7 Å². The number of rotatable bonds is 3. The first-order valence-electron chi connectivity index (χ1n) is 6.39. The van der Waals surface area contributed by atoms with Crippen LogP contribution in [0.1, 0.15) is 10.4 Å². The van der Waals surface area contributed by atoms with Gasteiger partial charge in [-0.15, -0.1) is 0 Å². The summed E-state index contributed by atoms with van der Waals surface area (Å²) in [6, 6.07) is 13.0. The van der Waals surface area contributed by atoms with Crippen molar-refractivity contribution >= 4 is 38.4 Å². The number of methoxy groups -OCH3 is 1. The molecule has 0 bridgehead atoms. The summed E-state index contributed by atoms with van der Waals surface area (Å²) in [6.45, 7) is 0. The van der Waals surface area contributed by atoms with E-state index in [0.717, 1.165) is 21.1 Å². The second-order valence-corrected chi connectivity index (χ2v) is 5.49. The van der Waals surface area contributed by atoms with Crippen LogP contribution in [0.5, 0.6) is 5.75 Å². The number of aromatic nitrogens is 1. The molecule has 3 rings (SSSR count). The number of hydrogen-bond acceptors (Lipinski definition) is 2. The molecule has 3 aromatic rings. The third kappa shape index (κ3) is 2.78. The molecular formula is C16H13BrN2O2. The number of anilines is 1. The summed E-state index contributed by atoms with van der Waals surface area (Å²) < 4.78 is 6.11. The average molecular weight is 345 g/mol. The smallest absolute Gasteiger partial charge is 0.259 e. The fourth-order valence-electron chi connectivity index (χ4n) is 2.18. The zero-order chi connectivity index (χ0) is 14.8. The molecule has 1 amide bonds. The lowest BCUT2D eigenvalue weighted by atomic mass is 10.1. The van der Waals surface area contributed by atoms with Gasteiger partial charge in [0.2, 0.25) is 0 Å². The first-order chi connectivity index (χ1) is 10.2. The topological polar surface area (TPSA) is 54.1 Å². The molecule has 2 aromatic carbocycles. The SMILES string of the molecule is COc1cc(Br)ccc1C(=O)Nc1ccc2[nH]ccc2c1. The van der Waals surface area contributed by atoms with E-state index in [1.54, 1.807) is 19.2 Å². The minimum atomic E-state index is -0.200. The number of hydrogen-bond donors (Lipinski definition) is 2. The summed E-state index contributed by atoms with van der Waals surface area (Å²) in [5.74, 6) is 0.332. The highest BCUT2D eigenvalue weighted by atomic mass is 79.9. The van der Waals surface area contributed by atoms with Crippen LogP contribution in [0.3, 0.4) is 0 Å². The largest absolute Gasteiger partial charge is 0.496 e. The van der Waals surface area contributed by atoms with Crippen molar-refractivity contribution < 1.29 is 9.53 Å². The number of carbonyl (C=O) groups is 1. The summed E-state index contributed by atoms with van der Waals surface area (Å²) in [6.07, 6.45) is 1.87. The van der Waals surface area contributed by atoms with Crippen LogP contribution in [-0.2, 0) is 0 Å². The van der Waals surface area contributed by atoms with Crippen molar-refractivity contribution in [3.63, 3.8) is 0 Å². The molecule has 5 heteroatoms. The molecule has 106 valence electrons. The van der Waals surface area contributed by atoms with Crippen LogP contribution < -0.4 is 10.1 Å². The van der Waals surface area contributed by atoms with Gasteiger partial charge in [0.25, 0.3) is 5.91 Å². The Kier molecular flexibility index (Phi) is 3.66. The summed E-state index contributed by atoms with van der Waals surface area (Å²) >= 11 is 3.36. The highest BCUT2D eigenvalue weighted by Gasteiger charge is 2.13. The van der Waals surface area contributed by atoms with Crippen LogP contribution in [0.15, 0.2) is 53.1 Å². The predicted molar refractivity (Wildman–Crippen MR) is 86.9 cm³/mol. The fraction of sp³-hybridized carbons (Fsp3) is 0.0625. The third-order valence-corrected chi connectivity index (χ3v) is 3.71. The van der Waals surface area contributed by atoms with E-state index in [1.807, 2.05) is 36.5 Å². The van der Waals surface area contributed by atoms with Crippen molar-refractivity contribution in [2.75, 3.05) is 12.4 Å². The summed E-state index contributed by atoms with van der Waals surface area (Å²) in [7, 11) is 1.55. The van der Waals surface area contributed by atoms with Gasteiger partial charge in [-0.1, -0.05) is 15.9 Å². The number of amides is 1. The number of fused-ring (bicyclic) bond motifs is 1. The third-order valence-electron chi connectivity index (χ3n) is 3.22. The molecule has 0 atom stereocenters. The molecule has 0 aliphatic heterocycles. The second kappa shape index (κ2) is 5.61. The van der Waals surface area contributed by atoms with E-state index >= 15 is 0 Å². The Morgan fingerprint density at radius 1 is 1.19 bits per heavy atom. The lowest BCUT2D eigenvalue weighted by molar-refractivity contribution is 0.102. The minimum absolute atomic E-state index is 0.200. The lowest BCUT2D eigenvalue weighted by Crippen LogP contribution is -2.13. The Morgan fingerprint density at radius 3 is 2.86 bits per heavy atom. The van der Waals surface area contributed by atoms with Gasteiger partial charge >= 0.3 is 0 Å². The first-order valence-corrected chi connectivity index (χ1v) is 7.19. The molecule has 4 nitrogen and oxygen atoms in total. The highest BCUT2D eigenvalue weighted by molar-refractivity contribution is 9.10. The van der Waals surface area contributed by atoms with E-state index < -0.39 is 0 Å². The van der Waals surface area contributed by atoms with Crippen molar-refractivity contribution in [1.29, 1.82) is 0 Å². The maximum Gasteiger partial charge on any atom is 0.259 e. The number of halogens is 1. The van der Waals surface area contributed by atoms with Gasteiger partial charge < -0.3 is 15.0 Å². The van der Waals surface area contributed by atoms with E-state index in [2.05, 4.69) is 26.2 Å². The van der Waals surface area contributed by atoms with Gasteiger partial charge in [0, 0.05) is 27.3 Å². The zero-order valence-electron chi connectivity index (χ0n) is 11.3. The van der Waals surface area contributed by atoms with Crippen LogP contribution >= 0.6 is 15.9 Å². The number of benzene rings is 2. The number of carbonyl (C=O) groups excluding carboxylic acids is 1. The predicted octanol–water partition coefficient (Wildman–Crippen LogP) is 4.19. The van der Waals surface area contributed by atoms with Gasteiger partial charge in [0.15, 0.2) is 0 Å². The van der Waals surface area contributed by atoms with Gasteiger partial charge in [0.1, 0.15) is 5.75 Å². The van der Waals surface area contributed by atoms with Crippen molar-refractivity contribution in [3.8, 4) is 5.75 Å². The molecule has 0 fully saturated rings. The molecule has 0 spiro atoms. The molecule has 0 saturated carbocycles. The van der Waals surface area contributed by atoms with E-state index in [1.165, 1.54) is 0 Å². The van der Waals surface area contributed by atoms with Gasteiger partial charge in [-0.05, 0) is 42.5 Å². The zero-order valence-corrected chi connectivity index (χ0v) is 12.9. The van der Waals surface area contributed by atoms with Crippen molar-refractivity contribution in [1.82, 2.24) is 4.98 Å². The van der Waals surface area contributed by atoms with E-state index in [9.17, 15) is 4.79 Å². The van der Waals surface area contributed by atoms with Crippen molar-refractivity contribution in [2.24, 2.45) is 0 Å². The Bertz CT molecular complexity index is 811. The van der Waals surface area contributed by atoms with Crippen molar-refractivity contribution in [2.45, 2.75) is 0 Å². The van der Waals surface area contributed by atoms with Gasteiger partial charge in [-0.3, -0.25) is 4.79 Å². The van der Waals surface area contributed by atoms with E-state index in [-0.39, 0.29) is 5.91 Å². The lowest BCUT2D eigenvalue weighted by Gasteiger charge is -2.10. The first kappa shape index (κ1) is 13.7. The molecule has 1 aromatic heterocycles. The van der Waals surface area contributed by atoms with Crippen LogP contribution in [-0.4, -0.2) is 18.0 Å². The van der Waals surface area contributed by atoms with Crippen LogP contribution in [0.25, 0.3) is 10.9 Å². The molecule has 0 aliphatic carbocycles. The normalized spacial score (nSPS) is 10.6. The summed E-state index contributed by atoms with van der Waals surface area (Å²) in [5.41, 5.74) is 2.28. The van der Waals surface area contributed by atoms with Crippen LogP contribution in [0.4, 0.5) is 5.69 Å². The van der Waals surface area contributed by atoms with Crippen LogP contribution in [0.2, 0.25) is 0 Å².